The number of amides is 1. The van der Waals surface area contributed by atoms with Crippen LogP contribution in [0.5, 0.6) is 0 Å². The molecular formula is C29H32N4O. The second kappa shape index (κ2) is 10.3. The Hall–Kier alpha value is -3.34. The Balaban J connectivity index is 1.47. The third-order valence-corrected chi connectivity index (χ3v) is 7.12. The average molecular weight is 453 g/mol. The number of hydrogen-bond donors (Lipinski definition) is 0. The van der Waals surface area contributed by atoms with Crippen molar-refractivity contribution in [2.75, 3.05) is 13.1 Å². The zero-order chi connectivity index (χ0) is 23.3. The molecule has 1 saturated heterocycles. The molecule has 1 fully saturated rings. The van der Waals surface area contributed by atoms with Crippen molar-refractivity contribution < 1.29 is 4.79 Å². The SMILES string of the molecule is Cc1ccccc1-c1cnc(-c2ccncc2)nc1[C@@H]1CCCN(C(=O)CC2=CCCCC2)C1. The predicted molar refractivity (Wildman–Crippen MR) is 135 cm³/mol. The molecule has 0 unspecified atom stereocenters. The first-order valence-corrected chi connectivity index (χ1v) is 12.5. The molecule has 0 radical (unpaired) electrons. The van der Waals surface area contributed by atoms with Gasteiger partial charge in [-0.25, -0.2) is 9.97 Å². The fourth-order valence-electron chi connectivity index (χ4n) is 5.23. The lowest BCUT2D eigenvalue weighted by molar-refractivity contribution is -0.131. The van der Waals surface area contributed by atoms with Crippen LogP contribution >= 0.6 is 0 Å². The number of likely N-dealkylation sites (tertiary alicyclic amines) is 1. The van der Waals surface area contributed by atoms with Gasteiger partial charge in [0, 0.05) is 55.1 Å². The van der Waals surface area contributed by atoms with Gasteiger partial charge in [-0.15, -0.1) is 0 Å². The largest absolute Gasteiger partial charge is 0.342 e. The van der Waals surface area contributed by atoms with Crippen molar-refractivity contribution in [3.63, 3.8) is 0 Å². The Morgan fingerprint density at radius 2 is 1.91 bits per heavy atom. The highest BCUT2D eigenvalue weighted by Crippen LogP contribution is 2.36. The lowest BCUT2D eigenvalue weighted by Gasteiger charge is -2.34. The van der Waals surface area contributed by atoms with Crippen molar-refractivity contribution in [3.05, 3.63) is 77.9 Å². The number of rotatable bonds is 5. The Bertz CT molecular complexity index is 1190. The van der Waals surface area contributed by atoms with Crippen LogP contribution in [0.15, 0.2) is 66.6 Å². The van der Waals surface area contributed by atoms with Gasteiger partial charge in [0.15, 0.2) is 5.82 Å². The highest BCUT2D eigenvalue weighted by Gasteiger charge is 2.29. The molecule has 0 saturated carbocycles. The molecular weight excluding hydrogens is 420 g/mol. The predicted octanol–water partition coefficient (Wildman–Crippen LogP) is 6.11. The van der Waals surface area contributed by atoms with Gasteiger partial charge in [0.2, 0.25) is 5.91 Å². The topological polar surface area (TPSA) is 59.0 Å². The summed E-state index contributed by atoms with van der Waals surface area (Å²) in [6.45, 7) is 3.69. The van der Waals surface area contributed by atoms with Gasteiger partial charge in [0.05, 0.1) is 5.69 Å². The Morgan fingerprint density at radius 3 is 2.71 bits per heavy atom. The molecule has 5 rings (SSSR count). The van der Waals surface area contributed by atoms with Crippen molar-refractivity contribution in [1.29, 1.82) is 0 Å². The Kier molecular flexibility index (Phi) is 6.79. The summed E-state index contributed by atoms with van der Waals surface area (Å²) in [7, 11) is 0. The first kappa shape index (κ1) is 22.5. The third-order valence-electron chi connectivity index (χ3n) is 7.12. The molecule has 0 spiro atoms. The zero-order valence-electron chi connectivity index (χ0n) is 19.9. The summed E-state index contributed by atoms with van der Waals surface area (Å²) in [5, 5.41) is 0. The molecule has 1 aliphatic heterocycles. The number of carbonyl (C=O) groups is 1. The first-order chi connectivity index (χ1) is 16.7. The zero-order valence-corrected chi connectivity index (χ0v) is 19.9. The van der Waals surface area contributed by atoms with Crippen molar-refractivity contribution in [2.24, 2.45) is 0 Å². The van der Waals surface area contributed by atoms with Gasteiger partial charge in [-0.3, -0.25) is 9.78 Å². The quantitative estimate of drug-likeness (QED) is 0.438. The number of carbonyl (C=O) groups excluding carboxylic acids is 1. The molecule has 3 heterocycles. The lowest BCUT2D eigenvalue weighted by atomic mass is 9.88. The van der Waals surface area contributed by atoms with Gasteiger partial charge in [0.25, 0.3) is 0 Å². The standard InChI is InChI=1S/C29H32N4O/c1-21-8-5-6-12-25(21)26-19-31-29(23-13-15-30-16-14-23)32-28(26)24-11-7-17-33(20-24)27(34)18-22-9-3-2-4-10-22/h5-6,8-9,12-16,19,24H,2-4,7,10-11,17-18,20H2,1H3/t24-/m1/s1. The minimum atomic E-state index is 0.191. The molecule has 1 aliphatic carbocycles. The van der Waals surface area contributed by atoms with Crippen LogP contribution in [0.4, 0.5) is 0 Å². The van der Waals surface area contributed by atoms with Gasteiger partial charge in [-0.1, -0.05) is 35.9 Å². The van der Waals surface area contributed by atoms with E-state index in [4.69, 9.17) is 9.97 Å². The molecule has 1 atom stereocenters. The van der Waals surface area contributed by atoms with Crippen LogP contribution in [0.1, 0.15) is 62.1 Å². The summed E-state index contributed by atoms with van der Waals surface area (Å²) < 4.78 is 0. The number of allylic oxidation sites excluding steroid dienone is 1. The molecule has 1 amide bonds. The first-order valence-electron chi connectivity index (χ1n) is 12.5. The van der Waals surface area contributed by atoms with Crippen molar-refractivity contribution in [2.45, 2.75) is 57.8 Å². The summed E-state index contributed by atoms with van der Waals surface area (Å²) >= 11 is 0. The van der Waals surface area contributed by atoms with Crippen LogP contribution in [0.2, 0.25) is 0 Å². The van der Waals surface area contributed by atoms with Gasteiger partial charge < -0.3 is 4.90 Å². The van der Waals surface area contributed by atoms with E-state index in [2.05, 4.69) is 47.1 Å². The fourth-order valence-corrected chi connectivity index (χ4v) is 5.23. The van der Waals surface area contributed by atoms with Crippen molar-refractivity contribution in [3.8, 4) is 22.5 Å². The Morgan fingerprint density at radius 1 is 1.06 bits per heavy atom. The fraction of sp³-hybridized carbons (Fsp3) is 0.379. The van der Waals surface area contributed by atoms with Gasteiger partial charge in [-0.05, 0) is 68.7 Å². The monoisotopic (exact) mass is 452 g/mol. The van der Waals surface area contributed by atoms with E-state index in [0.29, 0.717) is 12.2 Å². The van der Waals surface area contributed by atoms with Gasteiger partial charge in [-0.2, -0.15) is 0 Å². The maximum atomic E-state index is 13.2. The maximum absolute atomic E-state index is 13.2. The molecule has 0 N–H and O–H groups in total. The van der Waals surface area contributed by atoms with Crippen LogP contribution in [-0.2, 0) is 4.79 Å². The van der Waals surface area contributed by atoms with E-state index in [1.54, 1.807) is 12.4 Å². The minimum Gasteiger partial charge on any atom is -0.342 e. The van der Waals surface area contributed by atoms with Gasteiger partial charge in [0.1, 0.15) is 0 Å². The summed E-state index contributed by atoms with van der Waals surface area (Å²) in [6, 6.07) is 12.3. The summed E-state index contributed by atoms with van der Waals surface area (Å²) in [5.41, 5.74) is 6.77. The number of aryl methyl sites for hydroxylation is 1. The van der Waals surface area contributed by atoms with E-state index in [0.717, 1.165) is 61.2 Å². The van der Waals surface area contributed by atoms with Crippen molar-refractivity contribution in [1.82, 2.24) is 19.9 Å². The molecule has 2 aliphatic rings. The third kappa shape index (κ3) is 4.93. The number of nitrogens with zero attached hydrogens (tertiary/aromatic N) is 4. The second-order valence-electron chi connectivity index (χ2n) is 9.51. The van der Waals surface area contributed by atoms with Gasteiger partial charge >= 0.3 is 0 Å². The summed E-state index contributed by atoms with van der Waals surface area (Å²) in [5.74, 6) is 1.17. The van der Waals surface area contributed by atoms with Crippen LogP contribution in [0.3, 0.4) is 0 Å². The molecule has 5 nitrogen and oxygen atoms in total. The summed E-state index contributed by atoms with van der Waals surface area (Å²) in [4.78, 5) is 29.2. The highest BCUT2D eigenvalue weighted by atomic mass is 16.2. The number of pyridine rings is 1. The molecule has 34 heavy (non-hydrogen) atoms. The maximum Gasteiger partial charge on any atom is 0.226 e. The minimum absolute atomic E-state index is 0.191. The average Bonchev–Trinajstić information content (AvgIpc) is 2.90. The van der Waals surface area contributed by atoms with Crippen LogP contribution < -0.4 is 0 Å². The summed E-state index contributed by atoms with van der Waals surface area (Å²) in [6.07, 6.45) is 15.0. The van der Waals surface area contributed by atoms with E-state index in [-0.39, 0.29) is 11.8 Å². The van der Waals surface area contributed by atoms with Crippen LogP contribution in [-0.4, -0.2) is 38.8 Å². The van der Waals surface area contributed by atoms with Crippen molar-refractivity contribution >= 4 is 5.91 Å². The van der Waals surface area contributed by atoms with E-state index < -0.39 is 0 Å². The molecule has 2 aromatic heterocycles. The van der Waals surface area contributed by atoms with Crippen LogP contribution in [0, 0.1) is 6.92 Å². The molecule has 0 bridgehead atoms. The van der Waals surface area contributed by atoms with E-state index in [1.165, 1.54) is 24.0 Å². The van der Waals surface area contributed by atoms with E-state index >= 15 is 0 Å². The van der Waals surface area contributed by atoms with Crippen LogP contribution in [0.25, 0.3) is 22.5 Å². The second-order valence-corrected chi connectivity index (χ2v) is 9.51. The van der Waals surface area contributed by atoms with E-state index in [9.17, 15) is 4.79 Å². The number of aromatic nitrogens is 3. The lowest BCUT2D eigenvalue weighted by Crippen LogP contribution is -2.39. The number of benzene rings is 1. The molecule has 1 aromatic carbocycles. The smallest absolute Gasteiger partial charge is 0.226 e. The molecule has 174 valence electrons. The number of piperidine rings is 1. The molecule has 3 aromatic rings. The Labute approximate surface area is 202 Å². The highest BCUT2D eigenvalue weighted by molar-refractivity contribution is 5.79. The van der Waals surface area contributed by atoms with E-state index in [1.807, 2.05) is 18.3 Å². The molecule has 5 heteroatoms. The normalized spacial score (nSPS) is 18.4. The number of hydrogen-bond acceptors (Lipinski definition) is 4.